The molecule has 0 saturated heterocycles. The number of benzene rings is 1. The Kier molecular flexibility index (Phi) is 4.42. The molecule has 0 saturated carbocycles. The van der Waals surface area contributed by atoms with Gasteiger partial charge in [-0.1, -0.05) is 18.2 Å². The average Bonchev–Trinajstić information content (AvgIpc) is 2.43. The molecule has 1 heterocycles. The molecule has 0 bridgehead atoms. The van der Waals surface area contributed by atoms with Crippen LogP contribution < -0.4 is 5.32 Å². The first-order chi connectivity index (χ1) is 8.85. The second kappa shape index (κ2) is 6.26. The monoisotopic (exact) mass is 241 g/mol. The largest absolute Gasteiger partial charge is 0.312 e. The molecule has 0 fully saturated rings. The third kappa shape index (κ3) is 2.93. The Morgan fingerprint density at radius 1 is 1.33 bits per heavy atom. The summed E-state index contributed by atoms with van der Waals surface area (Å²) in [6, 6.07) is 8.23. The lowest BCUT2D eigenvalue weighted by Crippen LogP contribution is -2.17. The SMILES string of the molecule is C=CCCCC(NC)c1cnc2ccccc2n1. The highest BCUT2D eigenvalue weighted by molar-refractivity contribution is 5.73. The van der Waals surface area contributed by atoms with Crippen LogP contribution >= 0.6 is 0 Å². The summed E-state index contributed by atoms with van der Waals surface area (Å²) in [4.78, 5) is 9.13. The van der Waals surface area contributed by atoms with Crippen LogP contribution in [0.5, 0.6) is 0 Å². The third-order valence-electron chi connectivity index (χ3n) is 3.07. The van der Waals surface area contributed by atoms with E-state index in [1.807, 2.05) is 43.6 Å². The zero-order valence-electron chi connectivity index (χ0n) is 10.8. The predicted molar refractivity (Wildman–Crippen MR) is 75.4 cm³/mol. The number of para-hydroxylation sites is 2. The molecule has 1 unspecified atom stereocenters. The van der Waals surface area contributed by atoms with Gasteiger partial charge in [0.05, 0.1) is 29.0 Å². The van der Waals surface area contributed by atoms with E-state index in [0.717, 1.165) is 36.0 Å². The number of hydrogen-bond donors (Lipinski definition) is 1. The first kappa shape index (κ1) is 12.7. The fraction of sp³-hybridized carbons (Fsp3) is 0.333. The molecule has 0 amide bonds. The van der Waals surface area contributed by atoms with E-state index in [2.05, 4.69) is 21.9 Å². The van der Waals surface area contributed by atoms with Crippen molar-refractivity contribution in [2.75, 3.05) is 7.05 Å². The highest BCUT2D eigenvalue weighted by Gasteiger charge is 2.11. The Balaban J connectivity index is 2.19. The van der Waals surface area contributed by atoms with Crippen molar-refractivity contribution in [3.05, 3.63) is 48.8 Å². The highest BCUT2D eigenvalue weighted by Crippen LogP contribution is 2.18. The molecule has 94 valence electrons. The Morgan fingerprint density at radius 2 is 2.11 bits per heavy atom. The van der Waals surface area contributed by atoms with Gasteiger partial charge in [-0.15, -0.1) is 6.58 Å². The van der Waals surface area contributed by atoms with Crippen LogP contribution in [0.1, 0.15) is 31.0 Å². The zero-order valence-corrected chi connectivity index (χ0v) is 10.8. The van der Waals surface area contributed by atoms with Crippen molar-refractivity contribution < 1.29 is 0 Å². The van der Waals surface area contributed by atoms with Gasteiger partial charge in [-0.05, 0) is 38.4 Å². The molecule has 0 radical (unpaired) electrons. The molecule has 3 heteroatoms. The lowest BCUT2D eigenvalue weighted by molar-refractivity contribution is 0.518. The van der Waals surface area contributed by atoms with E-state index in [1.54, 1.807) is 0 Å². The van der Waals surface area contributed by atoms with Gasteiger partial charge >= 0.3 is 0 Å². The standard InChI is InChI=1S/C15H19N3/c1-3-4-5-8-12(16-2)15-11-17-13-9-6-7-10-14(13)18-15/h3,6-7,9-12,16H,1,4-5,8H2,2H3. The van der Waals surface area contributed by atoms with Gasteiger partial charge < -0.3 is 5.32 Å². The lowest BCUT2D eigenvalue weighted by Gasteiger charge is -2.15. The molecule has 0 aliphatic carbocycles. The summed E-state index contributed by atoms with van der Waals surface area (Å²) in [7, 11) is 1.97. The normalized spacial score (nSPS) is 12.5. The van der Waals surface area contributed by atoms with E-state index in [-0.39, 0.29) is 6.04 Å². The van der Waals surface area contributed by atoms with E-state index in [4.69, 9.17) is 0 Å². The van der Waals surface area contributed by atoms with Crippen LogP contribution in [0, 0.1) is 0 Å². The molecule has 3 nitrogen and oxygen atoms in total. The second-order valence-corrected chi connectivity index (χ2v) is 4.34. The molecule has 0 aliphatic heterocycles. The van der Waals surface area contributed by atoms with Crippen LogP contribution in [0.4, 0.5) is 0 Å². The number of rotatable bonds is 6. The Bertz CT molecular complexity index is 522. The van der Waals surface area contributed by atoms with E-state index in [9.17, 15) is 0 Å². The van der Waals surface area contributed by atoms with Gasteiger partial charge in [0.25, 0.3) is 0 Å². The summed E-state index contributed by atoms with van der Waals surface area (Å²) in [6.07, 6.45) is 7.04. The van der Waals surface area contributed by atoms with Gasteiger partial charge in [0.15, 0.2) is 0 Å². The van der Waals surface area contributed by atoms with Crippen LogP contribution in [-0.2, 0) is 0 Å². The van der Waals surface area contributed by atoms with Gasteiger partial charge in [0, 0.05) is 0 Å². The molecular weight excluding hydrogens is 222 g/mol. The molecule has 18 heavy (non-hydrogen) atoms. The Morgan fingerprint density at radius 3 is 2.83 bits per heavy atom. The summed E-state index contributed by atoms with van der Waals surface area (Å²) < 4.78 is 0. The minimum atomic E-state index is 0.266. The number of aromatic nitrogens is 2. The molecule has 2 aromatic rings. The average molecular weight is 241 g/mol. The fourth-order valence-corrected chi connectivity index (χ4v) is 2.05. The summed E-state index contributed by atoms with van der Waals surface area (Å²) >= 11 is 0. The van der Waals surface area contributed by atoms with Gasteiger partial charge in [0.1, 0.15) is 0 Å². The summed E-state index contributed by atoms with van der Waals surface area (Å²) in [5.74, 6) is 0. The van der Waals surface area contributed by atoms with Crippen molar-refractivity contribution in [3.8, 4) is 0 Å². The third-order valence-corrected chi connectivity index (χ3v) is 3.07. The number of fused-ring (bicyclic) bond motifs is 1. The number of allylic oxidation sites excluding steroid dienone is 1. The quantitative estimate of drug-likeness (QED) is 0.623. The van der Waals surface area contributed by atoms with Gasteiger partial charge in [0.2, 0.25) is 0 Å². The van der Waals surface area contributed by atoms with Crippen molar-refractivity contribution >= 4 is 11.0 Å². The summed E-state index contributed by atoms with van der Waals surface area (Å²) in [5.41, 5.74) is 2.92. The zero-order chi connectivity index (χ0) is 12.8. The fourth-order valence-electron chi connectivity index (χ4n) is 2.05. The summed E-state index contributed by atoms with van der Waals surface area (Å²) in [6.45, 7) is 3.75. The van der Waals surface area contributed by atoms with Crippen molar-refractivity contribution in [2.45, 2.75) is 25.3 Å². The minimum absolute atomic E-state index is 0.266. The van der Waals surface area contributed by atoms with E-state index >= 15 is 0 Å². The van der Waals surface area contributed by atoms with Gasteiger partial charge in [-0.3, -0.25) is 4.98 Å². The summed E-state index contributed by atoms with van der Waals surface area (Å²) in [5, 5.41) is 3.31. The number of nitrogens with one attached hydrogen (secondary N) is 1. The Labute approximate surface area is 108 Å². The molecule has 2 rings (SSSR count). The Hall–Kier alpha value is -1.74. The van der Waals surface area contributed by atoms with Crippen LogP contribution in [-0.4, -0.2) is 17.0 Å². The topological polar surface area (TPSA) is 37.8 Å². The minimum Gasteiger partial charge on any atom is -0.312 e. The van der Waals surface area contributed by atoms with Crippen LogP contribution in [0.2, 0.25) is 0 Å². The second-order valence-electron chi connectivity index (χ2n) is 4.34. The van der Waals surface area contributed by atoms with Crippen molar-refractivity contribution in [1.29, 1.82) is 0 Å². The van der Waals surface area contributed by atoms with Gasteiger partial charge in [-0.25, -0.2) is 4.98 Å². The molecular formula is C15H19N3. The van der Waals surface area contributed by atoms with E-state index in [0.29, 0.717) is 0 Å². The van der Waals surface area contributed by atoms with E-state index in [1.165, 1.54) is 0 Å². The van der Waals surface area contributed by atoms with Gasteiger partial charge in [-0.2, -0.15) is 0 Å². The molecule has 1 aromatic carbocycles. The van der Waals surface area contributed by atoms with Crippen LogP contribution in [0.15, 0.2) is 43.1 Å². The maximum absolute atomic E-state index is 4.67. The molecule has 1 N–H and O–H groups in total. The van der Waals surface area contributed by atoms with Crippen molar-refractivity contribution in [1.82, 2.24) is 15.3 Å². The first-order valence-electron chi connectivity index (χ1n) is 6.35. The first-order valence-corrected chi connectivity index (χ1v) is 6.35. The molecule has 1 aromatic heterocycles. The van der Waals surface area contributed by atoms with E-state index < -0.39 is 0 Å². The number of nitrogens with zero attached hydrogens (tertiary/aromatic N) is 2. The predicted octanol–water partition coefficient (Wildman–Crippen LogP) is 3.25. The molecule has 0 aliphatic rings. The lowest BCUT2D eigenvalue weighted by atomic mass is 10.1. The van der Waals surface area contributed by atoms with Crippen LogP contribution in [0.3, 0.4) is 0 Å². The van der Waals surface area contributed by atoms with Crippen LogP contribution in [0.25, 0.3) is 11.0 Å². The maximum Gasteiger partial charge on any atom is 0.0890 e. The van der Waals surface area contributed by atoms with Crippen molar-refractivity contribution in [3.63, 3.8) is 0 Å². The van der Waals surface area contributed by atoms with Crippen molar-refractivity contribution in [2.24, 2.45) is 0 Å². The number of hydrogen-bond acceptors (Lipinski definition) is 3. The number of unbranched alkanes of at least 4 members (excludes halogenated alkanes) is 1. The smallest absolute Gasteiger partial charge is 0.0890 e. The maximum atomic E-state index is 4.67. The molecule has 1 atom stereocenters. The molecule has 0 spiro atoms. The highest BCUT2D eigenvalue weighted by atomic mass is 14.9.